The number of hydrogen-bond acceptors (Lipinski definition) is 15. The molecule has 264 valence electrons. The van der Waals surface area contributed by atoms with E-state index in [9.17, 15) is 35.6 Å². The Hall–Kier alpha value is -0.820. The standard InChI is InChI=1S/C24H46N2O15P2S2/c1-15(2)36-42(29,37-16(3)4)25-13-19(40-44(9,31)32)11-21(25)23(27)35-24(28)22-12-20(41-45(10,33)34)14-26(22)43(30,38-17(5)6)39-18(7)8/h15-22H,11-14H2,1-10H3/t19-,20-,21+,22+/m1/s1. The quantitative estimate of drug-likeness (QED) is 0.0969. The molecular weight excluding hydrogens is 682 g/mol. The number of nitrogens with zero attached hydrogens (tertiary/aromatic N) is 2. The molecule has 45 heavy (non-hydrogen) atoms. The topological polar surface area (TPSA) is 208 Å². The third-order valence-electron chi connectivity index (χ3n) is 5.85. The minimum atomic E-state index is -4.30. The van der Waals surface area contributed by atoms with Gasteiger partial charge in [0.15, 0.2) is 0 Å². The minimum absolute atomic E-state index is 0.369. The monoisotopic (exact) mass is 728 g/mol. The summed E-state index contributed by atoms with van der Waals surface area (Å²) in [4.78, 5) is 27.2. The summed E-state index contributed by atoms with van der Waals surface area (Å²) in [7, 11) is -16.6. The first kappa shape index (κ1) is 40.4. The highest BCUT2D eigenvalue weighted by molar-refractivity contribution is 7.86. The van der Waals surface area contributed by atoms with E-state index in [1.165, 1.54) is 0 Å². The van der Waals surface area contributed by atoms with Crippen molar-refractivity contribution in [3.05, 3.63) is 0 Å². The van der Waals surface area contributed by atoms with Gasteiger partial charge >= 0.3 is 27.4 Å². The molecule has 0 aliphatic carbocycles. The van der Waals surface area contributed by atoms with Crippen molar-refractivity contribution < 1.29 is 66.8 Å². The van der Waals surface area contributed by atoms with E-state index in [0.717, 1.165) is 21.9 Å². The van der Waals surface area contributed by atoms with Crippen molar-refractivity contribution in [2.24, 2.45) is 0 Å². The number of hydrogen-bond donors (Lipinski definition) is 0. The van der Waals surface area contributed by atoms with Gasteiger partial charge in [-0.25, -0.2) is 18.7 Å². The van der Waals surface area contributed by atoms with E-state index in [1.54, 1.807) is 55.4 Å². The molecule has 2 fully saturated rings. The van der Waals surface area contributed by atoms with Crippen LogP contribution in [0.15, 0.2) is 0 Å². The van der Waals surface area contributed by atoms with Gasteiger partial charge in [0.1, 0.15) is 12.1 Å². The molecule has 21 heteroatoms. The molecule has 0 radical (unpaired) electrons. The largest absolute Gasteiger partial charge is 0.409 e. The van der Waals surface area contributed by atoms with Gasteiger partial charge in [-0.2, -0.15) is 26.2 Å². The van der Waals surface area contributed by atoms with Crippen molar-refractivity contribution >= 4 is 47.7 Å². The Morgan fingerprint density at radius 2 is 0.867 bits per heavy atom. The lowest BCUT2D eigenvalue weighted by atomic mass is 10.2. The molecule has 0 bridgehead atoms. The predicted octanol–water partition coefficient (Wildman–Crippen LogP) is 2.81. The molecule has 2 aliphatic heterocycles. The van der Waals surface area contributed by atoms with Crippen LogP contribution in [-0.4, -0.2) is 112 Å². The van der Waals surface area contributed by atoms with Gasteiger partial charge in [-0.15, -0.1) is 0 Å². The highest BCUT2D eigenvalue weighted by Gasteiger charge is 2.54. The summed E-state index contributed by atoms with van der Waals surface area (Å²) in [6.45, 7) is 11.8. The van der Waals surface area contributed by atoms with E-state index < -0.39 is 109 Å². The van der Waals surface area contributed by atoms with E-state index in [4.69, 9.17) is 31.2 Å². The van der Waals surface area contributed by atoms with Crippen LogP contribution in [0.25, 0.3) is 0 Å². The van der Waals surface area contributed by atoms with Crippen LogP contribution in [0.4, 0.5) is 0 Å². The highest BCUT2D eigenvalue weighted by atomic mass is 32.2. The predicted molar refractivity (Wildman–Crippen MR) is 161 cm³/mol. The van der Waals surface area contributed by atoms with Crippen LogP contribution in [0, 0.1) is 0 Å². The van der Waals surface area contributed by atoms with Crippen molar-refractivity contribution in [3.63, 3.8) is 0 Å². The number of carbonyl (C=O) groups excluding carboxylic acids is 2. The molecule has 2 heterocycles. The lowest BCUT2D eigenvalue weighted by Crippen LogP contribution is -2.42. The Kier molecular flexibility index (Phi) is 14.0. The number of rotatable bonds is 16. The van der Waals surface area contributed by atoms with Crippen LogP contribution in [-0.2, 0) is 70.2 Å². The minimum Gasteiger partial charge on any atom is -0.391 e. The molecule has 0 saturated carbocycles. The molecule has 0 aromatic rings. The SMILES string of the molecule is CC(C)OP(=O)(OC(C)C)N1C[C@H](OS(C)(=O)=O)C[C@H]1C(=O)OC(=O)[C@@H]1C[C@@H](OS(C)(=O)=O)CN1P(=O)(OC(C)C)OC(C)C. The van der Waals surface area contributed by atoms with Crippen LogP contribution in [0.3, 0.4) is 0 Å². The van der Waals surface area contributed by atoms with Gasteiger partial charge in [0.2, 0.25) is 0 Å². The Morgan fingerprint density at radius 3 is 1.09 bits per heavy atom. The molecule has 0 aromatic heterocycles. The van der Waals surface area contributed by atoms with Crippen molar-refractivity contribution in [1.29, 1.82) is 0 Å². The summed E-state index contributed by atoms with van der Waals surface area (Å²) in [5.74, 6) is -2.51. The van der Waals surface area contributed by atoms with Gasteiger partial charge < -0.3 is 4.74 Å². The van der Waals surface area contributed by atoms with Gasteiger partial charge in [0.05, 0.1) is 49.1 Å². The maximum absolute atomic E-state index is 14.0. The zero-order chi connectivity index (χ0) is 34.7. The number of carbonyl (C=O) groups is 2. The summed E-state index contributed by atoms with van der Waals surface area (Å²) < 4.78 is 115. The molecule has 0 aromatic carbocycles. The summed E-state index contributed by atoms with van der Waals surface area (Å²) in [6, 6.07) is -3.07. The maximum atomic E-state index is 14.0. The van der Waals surface area contributed by atoms with Gasteiger partial charge in [0.25, 0.3) is 20.2 Å². The molecule has 4 atom stereocenters. The van der Waals surface area contributed by atoms with E-state index in [-0.39, 0.29) is 12.8 Å². The van der Waals surface area contributed by atoms with Crippen LogP contribution < -0.4 is 0 Å². The summed E-state index contributed by atoms with van der Waals surface area (Å²) in [5, 5.41) is 0. The molecular formula is C24H46N2O15P2S2. The molecule has 2 rings (SSSR count). The van der Waals surface area contributed by atoms with Crippen LogP contribution in [0.2, 0.25) is 0 Å². The first-order valence-corrected chi connectivity index (χ1v) is 21.0. The number of esters is 2. The Bertz CT molecular complexity index is 1240. The Labute approximate surface area is 265 Å². The lowest BCUT2D eigenvalue weighted by Gasteiger charge is -2.33. The van der Waals surface area contributed by atoms with Crippen molar-refractivity contribution in [2.45, 2.75) is 117 Å². The van der Waals surface area contributed by atoms with Crippen molar-refractivity contribution in [1.82, 2.24) is 9.34 Å². The van der Waals surface area contributed by atoms with Crippen LogP contribution in [0.5, 0.6) is 0 Å². The smallest absolute Gasteiger partial charge is 0.391 e. The molecule has 2 saturated heterocycles. The van der Waals surface area contributed by atoms with Gasteiger partial charge in [-0.05, 0) is 55.4 Å². The van der Waals surface area contributed by atoms with E-state index in [0.29, 0.717) is 0 Å². The summed E-state index contributed by atoms with van der Waals surface area (Å²) >= 11 is 0. The summed E-state index contributed by atoms with van der Waals surface area (Å²) in [6.07, 6.45) is -4.10. The highest BCUT2D eigenvalue weighted by Crippen LogP contribution is 2.59. The lowest BCUT2D eigenvalue weighted by molar-refractivity contribution is -0.165. The van der Waals surface area contributed by atoms with E-state index >= 15 is 0 Å². The van der Waals surface area contributed by atoms with Crippen LogP contribution in [0.1, 0.15) is 68.2 Å². The van der Waals surface area contributed by atoms with Gasteiger partial charge in [-0.3, -0.25) is 26.5 Å². The zero-order valence-electron chi connectivity index (χ0n) is 27.2. The first-order valence-electron chi connectivity index (χ1n) is 14.3. The maximum Gasteiger partial charge on any atom is 0.409 e. The fraction of sp³-hybridized carbons (Fsp3) is 0.917. The second-order valence-electron chi connectivity index (χ2n) is 11.9. The van der Waals surface area contributed by atoms with E-state index in [1.807, 2.05) is 0 Å². The molecule has 0 spiro atoms. The number of ether oxygens (including phenoxy) is 1. The first-order chi connectivity index (χ1) is 20.3. The summed E-state index contributed by atoms with van der Waals surface area (Å²) in [5.41, 5.74) is 0. The normalized spacial score (nSPS) is 24.4. The second-order valence-corrected chi connectivity index (χ2v) is 18.8. The second kappa shape index (κ2) is 15.6. The molecule has 17 nitrogen and oxygen atoms in total. The molecule has 0 unspecified atom stereocenters. The van der Waals surface area contributed by atoms with E-state index in [2.05, 4.69) is 0 Å². The molecule has 0 N–H and O–H groups in total. The third-order valence-corrected chi connectivity index (χ3v) is 12.0. The fourth-order valence-electron chi connectivity index (χ4n) is 4.77. The Morgan fingerprint density at radius 1 is 0.600 bits per heavy atom. The molecule has 0 amide bonds. The van der Waals surface area contributed by atoms with Crippen molar-refractivity contribution in [2.75, 3.05) is 25.6 Å². The van der Waals surface area contributed by atoms with Crippen molar-refractivity contribution in [3.8, 4) is 0 Å². The van der Waals surface area contributed by atoms with Gasteiger partial charge in [0, 0.05) is 25.9 Å². The fourth-order valence-corrected chi connectivity index (χ4v) is 10.6. The Balaban J connectivity index is 2.48. The average molecular weight is 729 g/mol. The average Bonchev–Trinajstić information content (AvgIpc) is 3.39. The molecule has 2 aliphatic rings. The van der Waals surface area contributed by atoms with Crippen LogP contribution >= 0.6 is 15.5 Å². The third kappa shape index (κ3) is 12.3. The van der Waals surface area contributed by atoms with Gasteiger partial charge in [-0.1, -0.05) is 0 Å². The zero-order valence-corrected chi connectivity index (χ0v) is 30.6.